The van der Waals surface area contributed by atoms with E-state index >= 15 is 0 Å². The smallest absolute Gasteiger partial charge is 0.264 e. The molecule has 31 heavy (non-hydrogen) atoms. The van der Waals surface area contributed by atoms with E-state index in [-0.39, 0.29) is 21.4 Å². The van der Waals surface area contributed by atoms with Crippen LogP contribution in [0.15, 0.2) is 71.9 Å². The molecule has 1 aromatic heterocycles. The van der Waals surface area contributed by atoms with Crippen molar-refractivity contribution >= 4 is 38.9 Å². The van der Waals surface area contributed by atoms with E-state index in [0.29, 0.717) is 11.4 Å². The van der Waals surface area contributed by atoms with Gasteiger partial charge in [-0.25, -0.2) is 8.42 Å². The van der Waals surface area contributed by atoms with Gasteiger partial charge in [0.2, 0.25) is 5.91 Å². The molecule has 10 heteroatoms. The predicted octanol–water partition coefficient (Wildman–Crippen LogP) is 3.59. The van der Waals surface area contributed by atoms with Crippen molar-refractivity contribution in [3.05, 3.63) is 72.0 Å². The first-order valence-electron chi connectivity index (χ1n) is 9.06. The van der Waals surface area contributed by atoms with Gasteiger partial charge in [0, 0.05) is 18.5 Å². The molecule has 0 aliphatic carbocycles. The summed E-state index contributed by atoms with van der Waals surface area (Å²) in [5.41, 5.74) is 0.470. The largest absolute Gasteiger partial charge is 0.497 e. The first-order chi connectivity index (χ1) is 14.9. The van der Waals surface area contributed by atoms with Gasteiger partial charge in [-0.1, -0.05) is 29.8 Å². The summed E-state index contributed by atoms with van der Waals surface area (Å²) in [4.78, 5) is 16.7. The molecule has 0 bridgehead atoms. The zero-order chi connectivity index (χ0) is 22.4. The summed E-state index contributed by atoms with van der Waals surface area (Å²) < 4.78 is 38.5. The Morgan fingerprint density at radius 2 is 1.84 bits per heavy atom. The molecule has 3 rings (SSSR count). The van der Waals surface area contributed by atoms with Crippen LogP contribution in [-0.2, 0) is 14.8 Å². The second kappa shape index (κ2) is 9.67. The standard InChI is InChI=1S/C21H20ClN3O5S/c1-29-15-8-9-20(30-2)19(12-15)25(31(27,28)16-6-4-3-5-7-16)14-21(26)24-18-10-11-23-13-17(18)22/h3-13H,14H2,1-2H3,(H,23,24,26). The topological polar surface area (TPSA) is 97.8 Å². The molecule has 0 unspecified atom stereocenters. The SMILES string of the molecule is COc1ccc(OC)c(N(CC(=O)Nc2ccncc2Cl)S(=O)(=O)c2ccccc2)c1. The second-order valence-electron chi connectivity index (χ2n) is 6.27. The third-order valence-corrected chi connectivity index (χ3v) is 6.39. The Kier molecular flexibility index (Phi) is 6.98. The van der Waals surface area contributed by atoms with Crippen LogP contribution in [0.4, 0.5) is 11.4 Å². The van der Waals surface area contributed by atoms with Crippen LogP contribution in [-0.4, -0.2) is 40.1 Å². The van der Waals surface area contributed by atoms with Crippen molar-refractivity contribution in [2.45, 2.75) is 4.90 Å². The van der Waals surface area contributed by atoms with Gasteiger partial charge in [-0.2, -0.15) is 0 Å². The maximum absolute atomic E-state index is 13.5. The number of rotatable bonds is 8. The zero-order valence-corrected chi connectivity index (χ0v) is 18.4. The van der Waals surface area contributed by atoms with Crippen molar-refractivity contribution in [3.8, 4) is 11.5 Å². The van der Waals surface area contributed by atoms with Crippen molar-refractivity contribution in [2.75, 3.05) is 30.4 Å². The maximum Gasteiger partial charge on any atom is 0.264 e. The molecule has 0 fully saturated rings. The molecule has 2 aromatic carbocycles. The Morgan fingerprint density at radius 3 is 2.48 bits per heavy atom. The fraction of sp³-hybridized carbons (Fsp3) is 0.143. The molecule has 0 aliphatic heterocycles. The summed E-state index contributed by atoms with van der Waals surface area (Å²) in [6.45, 7) is -0.528. The van der Waals surface area contributed by atoms with Crippen molar-refractivity contribution in [1.29, 1.82) is 0 Å². The summed E-state index contributed by atoms with van der Waals surface area (Å²) in [6.07, 6.45) is 2.84. The van der Waals surface area contributed by atoms with Crippen LogP contribution in [0.5, 0.6) is 11.5 Å². The number of hydrogen-bond donors (Lipinski definition) is 1. The van der Waals surface area contributed by atoms with Gasteiger partial charge in [-0.05, 0) is 30.3 Å². The first-order valence-corrected chi connectivity index (χ1v) is 10.9. The molecule has 3 aromatic rings. The number of methoxy groups -OCH3 is 2. The number of amides is 1. The van der Waals surface area contributed by atoms with E-state index in [2.05, 4.69) is 10.3 Å². The third kappa shape index (κ3) is 5.07. The Bertz CT molecular complexity index is 1170. The van der Waals surface area contributed by atoms with Gasteiger partial charge in [0.25, 0.3) is 10.0 Å². The molecule has 8 nitrogen and oxygen atoms in total. The van der Waals surface area contributed by atoms with E-state index < -0.39 is 22.5 Å². The summed E-state index contributed by atoms with van der Waals surface area (Å²) >= 11 is 6.05. The summed E-state index contributed by atoms with van der Waals surface area (Å²) in [7, 11) is -1.25. The van der Waals surface area contributed by atoms with E-state index in [1.807, 2.05) is 0 Å². The van der Waals surface area contributed by atoms with E-state index in [1.54, 1.807) is 30.3 Å². The van der Waals surface area contributed by atoms with E-state index in [9.17, 15) is 13.2 Å². The Morgan fingerprint density at radius 1 is 1.10 bits per heavy atom. The number of ether oxygens (including phenoxy) is 2. The van der Waals surface area contributed by atoms with E-state index in [0.717, 1.165) is 4.31 Å². The molecule has 0 radical (unpaired) electrons. The Balaban J connectivity index is 2.05. The fourth-order valence-corrected chi connectivity index (χ4v) is 4.42. The van der Waals surface area contributed by atoms with Gasteiger partial charge < -0.3 is 14.8 Å². The molecule has 162 valence electrons. The minimum absolute atomic E-state index is 0.0228. The van der Waals surface area contributed by atoms with Gasteiger partial charge in [-0.3, -0.25) is 14.1 Å². The molecule has 0 saturated heterocycles. The van der Waals surface area contributed by atoms with Gasteiger partial charge in [0.05, 0.1) is 35.5 Å². The molecule has 0 saturated carbocycles. The third-order valence-electron chi connectivity index (χ3n) is 4.32. The number of nitrogens with one attached hydrogen (secondary N) is 1. The molecular formula is C21H20ClN3O5S. The number of halogens is 1. The van der Waals surface area contributed by atoms with Crippen LogP contribution in [0.1, 0.15) is 0 Å². The molecule has 1 heterocycles. The number of benzene rings is 2. The molecule has 1 N–H and O–H groups in total. The fourth-order valence-electron chi connectivity index (χ4n) is 2.81. The number of anilines is 2. The van der Waals surface area contributed by atoms with Crippen molar-refractivity contribution in [1.82, 2.24) is 4.98 Å². The first kappa shape index (κ1) is 22.4. The van der Waals surface area contributed by atoms with Crippen LogP contribution >= 0.6 is 11.6 Å². The number of carbonyl (C=O) groups excluding carboxylic acids is 1. The maximum atomic E-state index is 13.5. The Hall–Kier alpha value is -3.30. The number of sulfonamides is 1. The van der Waals surface area contributed by atoms with Crippen LogP contribution in [0.3, 0.4) is 0 Å². The minimum Gasteiger partial charge on any atom is -0.497 e. The average Bonchev–Trinajstić information content (AvgIpc) is 2.79. The van der Waals surface area contributed by atoms with Gasteiger partial charge >= 0.3 is 0 Å². The number of hydrogen-bond acceptors (Lipinski definition) is 6. The Labute approximate surface area is 185 Å². The lowest BCUT2D eigenvalue weighted by Crippen LogP contribution is -2.38. The van der Waals surface area contributed by atoms with Crippen LogP contribution in [0.25, 0.3) is 0 Å². The van der Waals surface area contributed by atoms with Crippen LogP contribution in [0.2, 0.25) is 5.02 Å². The lowest BCUT2D eigenvalue weighted by Gasteiger charge is -2.26. The van der Waals surface area contributed by atoms with Crippen molar-refractivity contribution in [2.24, 2.45) is 0 Å². The predicted molar refractivity (Wildman–Crippen MR) is 118 cm³/mol. The zero-order valence-electron chi connectivity index (χ0n) is 16.8. The molecule has 0 aliphatic rings. The number of nitrogens with zero attached hydrogens (tertiary/aromatic N) is 2. The molecule has 0 atom stereocenters. The van der Waals surface area contributed by atoms with Gasteiger partial charge in [-0.15, -0.1) is 0 Å². The molecule has 0 spiro atoms. The summed E-state index contributed by atoms with van der Waals surface area (Å²) in [5, 5.41) is 2.84. The highest BCUT2D eigenvalue weighted by molar-refractivity contribution is 7.92. The number of aromatic nitrogens is 1. The average molecular weight is 462 g/mol. The monoisotopic (exact) mass is 461 g/mol. The number of pyridine rings is 1. The van der Waals surface area contributed by atoms with Crippen molar-refractivity contribution < 1.29 is 22.7 Å². The summed E-state index contributed by atoms with van der Waals surface area (Å²) in [6, 6.07) is 14.0. The lowest BCUT2D eigenvalue weighted by atomic mass is 10.2. The summed E-state index contributed by atoms with van der Waals surface area (Å²) in [5.74, 6) is 0.0641. The van der Waals surface area contributed by atoms with Gasteiger partial charge in [0.1, 0.15) is 18.0 Å². The highest BCUT2D eigenvalue weighted by atomic mass is 35.5. The molecule has 1 amide bonds. The second-order valence-corrected chi connectivity index (χ2v) is 8.54. The van der Waals surface area contributed by atoms with E-state index in [4.69, 9.17) is 21.1 Å². The van der Waals surface area contributed by atoms with Crippen molar-refractivity contribution in [3.63, 3.8) is 0 Å². The highest BCUT2D eigenvalue weighted by Gasteiger charge is 2.30. The number of carbonyl (C=O) groups is 1. The van der Waals surface area contributed by atoms with Crippen LogP contribution < -0.4 is 19.1 Å². The molecular weight excluding hydrogens is 442 g/mol. The van der Waals surface area contributed by atoms with E-state index in [1.165, 1.54) is 50.9 Å². The normalized spacial score (nSPS) is 10.9. The highest BCUT2D eigenvalue weighted by Crippen LogP contribution is 2.35. The van der Waals surface area contributed by atoms with Crippen LogP contribution in [0, 0.1) is 0 Å². The quantitative estimate of drug-likeness (QED) is 0.550. The lowest BCUT2D eigenvalue weighted by molar-refractivity contribution is -0.114. The minimum atomic E-state index is -4.12. The van der Waals surface area contributed by atoms with Gasteiger partial charge in [0.15, 0.2) is 0 Å².